The highest BCUT2D eigenvalue weighted by atomic mass is 16.5. The van der Waals surface area contributed by atoms with E-state index in [2.05, 4.69) is 19.9 Å². The molecule has 1 spiro atoms. The summed E-state index contributed by atoms with van der Waals surface area (Å²) < 4.78 is 5.74. The Morgan fingerprint density at radius 2 is 1.73 bits per heavy atom. The molecule has 4 aliphatic carbocycles. The molecule has 0 aromatic heterocycles. The van der Waals surface area contributed by atoms with Crippen molar-refractivity contribution in [3.05, 3.63) is 51.3 Å². The molecule has 2 aromatic rings. The molecule has 0 heterocycles. The van der Waals surface area contributed by atoms with Crippen LogP contribution < -0.4 is 4.74 Å². The second kappa shape index (κ2) is 7.96. The third-order valence-corrected chi connectivity index (χ3v) is 10.3. The molecular weight excluding hydrogens is 532 g/mol. The maximum Gasteiger partial charge on any atom is 0.217 e. The van der Waals surface area contributed by atoms with Gasteiger partial charge in [-0.3, -0.25) is 14.4 Å². The summed E-state index contributed by atoms with van der Waals surface area (Å²) in [6.45, 7) is 7.09. The Kier molecular flexibility index (Phi) is 5.33. The first-order valence-electron chi connectivity index (χ1n) is 13.5. The van der Waals surface area contributed by atoms with Crippen molar-refractivity contribution in [2.24, 2.45) is 5.41 Å². The number of carbonyl (C=O) groups excluding carboxylic acids is 3. The van der Waals surface area contributed by atoms with Gasteiger partial charge in [0.05, 0.1) is 18.1 Å². The zero-order chi connectivity index (χ0) is 30.2. The minimum Gasteiger partial charge on any atom is -0.508 e. The second-order valence-electron chi connectivity index (χ2n) is 12.5. The number of carbonyl (C=O) groups is 3. The number of aromatic hydroxyl groups is 2. The van der Waals surface area contributed by atoms with Crippen LogP contribution in [0.4, 0.5) is 0 Å². The predicted octanol–water partition coefficient (Wildman–Crippen LogP) is 2.89. The number of phenols is 2. The number of aliphatic hydroxyl groups is 4. The molecule has 2 aromatic carbocycles. The molecule has 0 fully saturated rings. The molecule has 4 atom stereocenters. The van der Waals surface area contributed by atoms with Gasteiger partial charge in [-0.2, -0.15) is 0 Å². The van der Waals surface area contributed by atoms with Gasteiger partial charge in [0.25, 0.3) is 0 Å². The minimum absolute atomic E-state index is 0.114. The number of ketones is 3. The van der Waals surface area contributed by atoms with Crippen LogP contribution in [0.1, 0.15) is 80.1 Å². The van der Waals surface area contributed by atoms with E-state index in [4.69, 9.17) is 4.74 Å². The molecule has 10 heteroatoms. The first kappa shape index (κ1) is 27.4. The number of allylic oxidation sites excluding steroid dienone is 3. The molecular formula is C31H32O10. The van der Waals surface area contributed by atoms with E-state index in [0.29, 0.717) is 22.3 Å². The highest BCUT2D eigenvalue weighted by Crippen LogP contribution is 2.66. The highest BCUT2D eigenvalue weighted by molar-refractivity contribution is 6.24. The lowest BCUT2D eigenvalue weighted by molar-refractivity contribution is -0.193. The third-order valence-electron chi connectivity index (χ3n) is 10.3. The zero-order valence-electron chi connectivity index (χ0n) is 23.4. The first-order valence-corrected chi connectivity index (χ1v) is 13.5. The van der Waals surface area contributed by atoms with Gasteiger partial charge in [-0.05, 0) is 44.1 Å². The van der Waals surface area contributed by atoms with Crippen LogP contribution in [0.3, 0.4) is 0 Å². The maximum absolute atomic E-state index is 14.1. The summed E-state index contributed by atoms with van der Waals surface area (Å²) in [7, 11) is 1.45. The second-order valence-corrected chi connectivity index (χ2v) is 12.5. The number of aliphatic hydroxyl groups excluding tert-OH is 2. The number of rotatable bonds is 2. The molecule has 0 saturated carbocycles. The van der Waals surface area contributed by atoms with E-state index >= 15 is 0 Å². The van der Waals surface area contributed by atoms with Gasteiger partial charge in [0.1, 0.15) is 40.3 Å². The predicted molar refractivity (Wildman–Crippen MR) is 145 cm³/mol. The quantitative estimate of drug-likeness (QED) is 0.234. The SMILES string of the molecule is COc1cc(O)c2c(O)c3c(c4c2c1[C@@]1(C4)C(C)=CCCC1(C)C)[C@@H](O)[C@]1(O)CC(=O)C(C(C)=O)=C(O)[C@]1(O)C3=O. The topological polar surface area (TPSA) is 182 Å². The Hall–Kier alpha value is -3.73. The lowest BCUT2D eigenvalue weighted by Gasteiger charge is -2.51. The summed E-state index contributed by atoms with van der Waals surface area (Å²) in [5.74, 6) is -5.67. The number of hydrogen-bond acceptors (Lipinski definition) is 10. The van der Waals surface area contributed by atoms with Crippen molar-refractivity contribution in [2.75, 3.05) is 7.11 Å². The number of Topliss-reactive ketones (excluding diaryl/α,β-unsaturated/α-hetero) is 3. The van der Waals surface area contributed by atoms with E-state index in [-0.39, 0.29) is 17.4 Å². The molecule has 4 aliphatic rings. The van der Waals surface area contributed by atoms with E-state index in [1.54, 1.807) is 0 Å². The van der Waals surface area contributed by atoms with Crippen molar-refractivity contribution in [3.63, 3.8) is 0 Å². The number of benzene rings is 2. The van der Waals surface area contributed by atoms with E-state index in [1.807, 2.05) is 6.92 Å². The highest BCUT2D eigenvalue weighted by Gasteiger charge is 2.71. The van der Waals surface area contributed by atoms with Crippen molar-refractivity contribution in [1.82, 2.24) is 0 Å². The standard InChI is InChI=1S/C31H32O10/c1-12-7-6-8-28(3,4)29(12)10-14-19-21(15(33)9-17(41-5)23(19)29)24(35)22-20(14)25(36)30(39)11-16(34)18(13(2)32)26(37)31(30,40)27(22)38/h7,9,25,33,35-37,39-40H,6,8,10-11H2,1-5H3/t25-,29-,30-,31+/m1/s1. The minimum atomic E-state index is -3.33. The van der Waals surface area contributed by atoms with Crippen LogP contribution in [0.5, 0.6) is 17.2 Å². The van der Waals surface area contributed by atoms with Gasteiger partial charge in [-0.15, -0.1) is 0 Å². The van der Waals surface area contributed by atoms with Crippen LogP contribution in [0.25, 0.3) is 10.8 Å². The van der Waals surface area contributed by atoms with E-state index in [1.165, 1.54) is 13.2 Å². The number of phenolic OH excluding ortho intramolecular Hbond substituents is 2. The fourth-order valence-corrected chi connectivity index (χ4v) is 8.22. The number of ether oxygens (including phenoxy) is 1. The molecule has 6 N–H and O–H groups in total. The summed E-state index contributed by atoms with van der Waals surface area (Å²) in [6.07, 6.45) is 0.663. The number of fused-ring (bicyclic) bond motifs is 4. The number of hydrogen-bond donors (Lipinski definition) is 6. The zero-order valence-corrected chi connectivity index (χ0v) is 23.4. The van der Waals surface area contributed by atoms with Crippen molar-refractivity contribution < 1.29 is 49.8 Å². The molecule has 0 radical (unpaired) electrons. The summed E-state index contributed by atoms with van der Waals surface area (Å²) >= 11 is 0. The van der Waals surface area contributed by atoms with Gasteiger partial charge < -0.3 is 35.4 Å². The molecule has 10 nitrogen and oxygen atoms in total. The van der Waals surface area contributed by atoms with Crippen LogP contribution in [-0.2, 0) is 21.4 Å². The molecule has 0 aliphatic heterocycles. The first-order chi connectivity index (χ1) is 19.0. The fraction of sp³-hybridized carbons (Fsp3) is 0.452. The summed E-state index contributed by atoms with van der Waals surface area (Å²) in [6, 6.07) is 1.35. The van der Waals surface area contributed by atoms with Gasteiger partial charge in [-0.25, -0.2) is 0 Å². The lowest BCUT2D eigenvalue weighted by atomic mass is 9.54. The Labute approximate surface area is 235 Å². The van der Waals surface area contributed by atoms with Gasteiger partial charge in [0, 0.05) is 34.4 Å². The largest absolute Gasteiger partial charge is 0.508 e. The Morgan fingerprint density at radius 3 is 2.32 bits per heavy atom. The average molecular weight is 565 g/mol. The van der Waals surface area contributed by atoms with Crippen molar-refractivity contribution in [3.8, 4) is 17.2 Å². The normalized spacial score (nSPS) is 31.8. The molecule has 0 unspecified atom stereocenters. The summed E-state index contributed by atoms with van der Waals surface area (Å²) in [4.78, 5) is 39.2. The van der Waals surface area contributed by atoms with E-state index < -0.39 is 80.3 Å². The molecule has 0 amide bonds. The van der Waals surface area contributed by atoms with Crippen LogP contribution >= 0.6 is 0 Å². The Bertz CT molecular complexity index is 1710. The Morgan fingerprint density at radius 1 is 1.07 bits per heavy atom. The Balaban J connectivity index is 1.79. The smallest absolute Gasteiger partial charge is 0.217 e. The van der Waals surface area contributed by atoms with Crippen molar-refractivity contribution in [1.29, 1.82) is 0 Å². The number of methoxy groups -OCH3 is 1. The van der Waals surface area contributed by atoms with Gasteiger partial charge >= 0.3 is 0 Å². The molecule has 0 saturated heterocycles. The average Bonchev–Trinajstić information content (AvgIpc) is 3.24. The lowest BCUT2D eigenvalue weighted by Crippen LogP contribution is -2.69. The third kappa shape index (κ3) is 2.80. The van der Waals surface area contributed by atoms with Crippen LogP contribution in [0.2, 0.25) is 0 Å². The maximum atomic E-state index is 14.1. The van der Waals surface area contributed by atoms with Crippen molar-refractivity contribution >= 4 is 28.1 Å². The monoisotopic (exact) mass is 564 g/mol. The van der Waals surface area contributed by atoms with Gasteiger partial charge in [-0.1, -0.05) is 25.5 Å². The fourth-order valence-electron chi connectivity index (χ4n) is 8.22. The van der Waals surface area contributed by atoms with Crippen LogP contribution in [0.15, 0.2) is 29.0 Å². The van der Waals surface area contributed by atoms with Crippen molar-refractivity contribution in [2.45, 2.75) is 76.1 Å². The van der Waals surface area contributed by atoms with E-state index in [0.717, 1.165) is 25.3 Å². The van der Waals surface area contributed by atoms with Crippen LogP contribution in [0, 0.1) is 5.41 Å². The van der Waals surface area contributed by atoms with E-state index in [9.17, 15) is 45.0 Å². The summed E-state index contributed by atoms with van der Waals surface area (Å²) in [5, 5.41) is 69.2. The molecule has 6 rings (SSSR count). The van der Waals surface area contributed by atoms with Crippen LogP contribution in [-0.4, -0.2) is 66.3 Å². The molecule has 216 valence electrons. The summed E-state index contributed by atoms with van der Waals surface area (Å²) in [5.41, 5.74) is -7.20. The van der Waals surface area contributed by atoms with Gasteiger partial charge in [0.15, 0.2) is 11.6 Å². The molecule has 0 bridgehead atoms. The molecule has 41 heavy (non-hydrogen) atoms. The van der Waals surface area contributed by atoms with Gasteiger partial charge in [0.2, 0.25) is 11.4 Å².